The number of nitrogens with one attached hydrogen (secondary N) is 2. The minimum atomic E-state index is -0.213. The van der Waals surface area contributed by atoms with Gasteiger partial charge in [-0.3, -0.25) is 19.7 Å². The van der Waals surface area contributed by atoms with Crippen LogP contribution in [0.2, 0.25) is 0 Å². The van der Waals surface area contributed by atoms with E-state index >= 15 is 0 Å². The van der Waals surface area contributed by atoms with Crippen LogP contribution in [-0.4, -0.2) is 46.7 Å². The van der Waals surface area contributed by atoms with E-state index in [1.165, 1.54) is 17.8 Å². The van der Waals surface area contributed by atoms with Gasteiger partial charge in [-0.15, -0.1) is 11.3 Å². The van der Waals surface area contributed by atoms with Gasteiger partial charge in [-0.2, -0.15) is 0 Å². The third-order valence-electron chi connectivity index (χ3n) is 6.31. The number of rotatable bonds is 6. The number of hydrogen-bond acceptors (Lipinski definition) is 5. The molecule has 2 aromatic rings. The number of benzene rings is 1. The number of hydrogen-bond donors (Lipinski definition) is 2. The number of amides is 3. The van der Waals surface area contributed by atoms with Crippen molar-refractivity contribution in [2.24, 2.45) is 5.92 Å². The summed E-state index contributed by atoms with van der Waals surface area (Å²) in [5, 5.41) is 8.30. The van der Waals surface area contributed by atoms with Gasteiger partial charge in [-0.25, -0.2) is 4.98 Å². The first-order valence-electron chi connectivity index (χ1n) is 11.5. The van der Waals surface area contributed by atoms with Crippen LogP contribution < -0.4 is 10.6 Å². The van der Waals surface area contributed by atoms with E-state index in [1.54, 1.807) is 12.1 Å². The van der Waals surface area contributed by atoms with Crippen molar-refractivity contribution in [3.8, 4) is 0 Å². The Hall–Kier alpha value is -2.74. The first-order valence-corrected chi connectivity index (χ1v) is 12.4. The molecule has 0 bridgehead atoms. The quantitative estimate of drug-likeness (QED) is 0.697. The van der Waals surface area contributed by atoms with Crippen LogP contribution in [0.4, 0.5) is 5.13 Å². The van der Waals surface area contributed by atoms with Gasteiger partial charge < -0.3 is 10.2 Å². The number of piperidine rings is 1. The van der Waals surface area contributed by atoms with Crippen molar-refractivity contribution in [2.75, 3.05) is 18.4 Å². The zero-order chi connectivity index (χ0) is 22.3. The molecule has 1 saturated carbocycles. The Bertz CT molecular complexity index is 932. The molecule has 0 radical (unpaired) electrons. The maximum absolute atomic E-state index is 12.7. The van der Waals surface area contributed by atoms with Crippen molar-refractivity contribution in [2.45, 2.75) is 57.4 Å². The molecule has 4 rings (SSSR count). The van der Waals surface area contributed by atoms with E-state index in [-0.39, 0.29) is 36.1 Å². The molecule has 1 aromatic carbocycles. The molecule has 0 unspecified atom stereocenters. The molecular formula is C24H30N4O3S. The lowest BCUT2D eigenvalue weighted by Gasteiger charge is -2.33. The van der Waals surface area contributed by atoms with Crippen LogP contribution in [-0.2, 0) is 16.0 Å². The lowest BCUT2D eigenvalue weighted by atomic mass is 9.88. The Morgan fingerprint density at radius 3 is 2.44 bits per heavy atom. The number of aromatic nitrogens is 1. The average molecular weight is 455 g/mol. The third-order valence-corrected chi connectivity index (χ3v) is 7.12. The van der Waals surface area contributed by atoms with Gasteiger partial charge in [-0.05, 0) is 37.8 Å². The number of nitrogens with zero attached hydrogens (tertiary/aromatic N) is 2. The Morgan fingerprint density at radius 2 is 1.72 bits per heavy atom. The normalized spacial score (nSPS) is 17.7. The fraction of sp³-hybridized carbons (Fsp3) is 0.500. The smallest absolute Gasteiger partial charge is 0.257 e. The van der Waals surface area contributed by atoms with Crippen molar-refractivity contribution >= 4 is 34.2 Å². The molecule has 2 heterocycles. The van der Waals surface area contributed by atoms with Crippen molar-refractivity contribution < 1.29 is 14.4 Å². The first kappa shape index (κ1) is 22.5. The van der Waals surface area contributed by atoms with Crippen molar-refractivity contribution in [1.82, 2.24) is 15.2 Å². The monoisotopic (exact) mass is 454 g/mol. The molecule has 7 nitrogen and oxygen atoms in total. The molecule has 1 aliphatic carbocycles. The SMILES string of the molecule is O=C(Nc1nc(CC(=O)N2CCC(NC(=O)C3CCCCC3)CC2)cs1)c1ccccc1. The summed E-state index contributed by atoms with van der Waals surface area (Å²) in [7, 11) is 0. The van der Waals surface area contributed by atoms with Crippen molar-refractivity contribution in [3.63, 3.8) is 0 Å². The summed E-state index contributed by atoms with van der Waals surface area (Å²) in [6.45, 7) is 1.30. The molecular weight excluding hydrogens is 424 g/mol. The maximum atomic E-state index is 12.7. The summed E-state index contributed by atoms with van der Waals surface area (Å²) in [6.07, 6.45) is 7.36. The number of thiazole rings is 1. The third kappa shape index (κ3) is 5.94. The molecule has 1 aliphatic heterocycles. The van der Waals surface area contributed by atoms with Gasteiger partial charge in [-0.1, -0.05) is 37.5 Å². The Kier molecular flexibility index (Phi) is 7.52. The number of carbonyl (C=O) groups excluding carboxylic acids is 3. The summed E-state index contributed by atoms with van der Waals surface area (Å²) in [5.41, 5.74) is 1.23. The summed E-state index contributed by atoms with van der Waals surface area (Å²) in [4.78, 5) is 43.7. The predicted octanol–water partition coefficient (Wildman–Crippen LogP) is 3.63. The van der Waals surface area contributed by atoms with Gasteiger partial charge in [0.15, 0.2) is 5.13 Å². The standard InChI is InChI=1S/C24H30N4O3S/c29-21(15-20-16-32-24(26-20)27-23(31)18-9-5-2-6-10-18)28-13-11-19(12-14-28)25-22(30)17-7-3-1-4-8-17/h2,5-6,9-10,16-17,19H,1,3-4,7-8,11-15H2,(H,25,30)(H,26,27,31). The highest BCUT2D eigenvalue weighted by Gasteiger charge is 2.27. The molecule has 8 heteroatoms. The topological polar surface area (TPSA) is 91.4 Å². The molecule has 1 saturated heterocycles. The van der Waals surface area contributed by atoms with E-state index in [0.717, 1.165) is 38.5 Å². The highest BCUT2D eigenvalue weighted by atomic mass is 32.1. The Balaban J connectivity index is 1.21. The Morgan fingerprint density at radius 1 is 1.00 bits per heavy atom. The first-order chi connectivity index (χ1) is 15.6. The molecule has 170 valence electrons. The zero-order valence-corrected chi connectivity index (χ0v) is 19.0. The van der Waals surface area contributed by atoms with Crippen LogP contribution in [0.5, 0.6) is 0 Å². The maximum Gasteiger partial charge on any atom is 0.257 e. The van der Waals surface area contributed by atoms with Crippen LogP contribution in [0.1, 0.15) is 61.0 Å². The molecule has 3 amide bonds. The van der Waals surface area contributed by atoms with Gasteiger partial charge in [0, 0.05) is 36.0 Å². The van der Waals surface area contributed by atoms with Gasteiger partial charge in [0.2, 0.25) is 11.8 Å². The fourth-order valence-electron chi connectivity index (χ4n) is 4.43. The minimum absolute atomic E-state index is 0.0355. The molecule has 2 aliphatic rings. The molecule has 0 atom stereocenters. The van der Waals surface area contributed by atoms with Gasteiger partial charge in [0.25, 0.3) is 5.91 Å². The van der Waals surface area contributed by atoms with E-state index in [0.29, 0.717) is 29.5 Å². The van der Waals surface area contributed by atoms with Crippen LogP contribution in [0.3, 0.4) is 0 Å². The van der Waals surface area contributed by atoms with E-state index < -0.39 is 0 Å². The lowest BCUT2D eigenvalue weighted by Crippen LogP contribution is -2.48. The van der Waals surface area contributed by atoms with Gasteiger partial charge in [0.1, 0.15) is 0 Å². The average Bonchev–Trinajstić information content (AvgIpc) is 3.27. The fourth-order valence-corrected chi connectivity index (χ4v) is 5.13. The lowest BCUT2D eigenvalue weighted by molar-refractivity contribution is -0.132. The molecule has 2 fully saturated rings. The van der Waals surface area contributed by atoms with Crippen LogP contribution >= 0.6 is 11.3 Å². The second-order valence-corrected chi connectivity index (χ2v) is 9.50. The molecule has 1 aromatic heterocycles. The molecule has 32 heavy (non-hydrogen) atoms. The molecule has 0 spiro atoms. The second kappa shape index (κ2) is 10.7. The number of likely N-dealkylation sites (tertiary alicyclic amines) is 1. The van der Waals surface area contributed by atoms with Crippen LogP contribution in [0.25, 0.3) is 0 Å². The molecule has 2 N–H and O–H groups in total. The van der Waals surface area contributed by atoms with E-state index in [2.05, 4.69) is 15.6 Å². The van der Waals surface area contributed by atoms with Crippen LogP contribution in [0.15, 0.2) is 35.7 Å². The summed E-state index contributed by atoms with van der Waals surface area (Å²) >= 11 is 1.32. The van der Waals surface area contributed by atoms with E-state index in [4.69, 9.17) is 0 Å². The number of anilines is 1. The summed E-state index contributed by atoms with van der Waals surface area (Å²) in [5.74, 6) is 0.190. The largest absolute Gasteiger partial charge is 0.353 e. The van der Waals surface area contributed by atoms with Gasteiger partial charge >= 0.3 is 0 Å². The Labute approximate surface area is 192 Å². The van der Waals surface area contributed by atoms with Crippen molar-refractivity contribution in [1.29, 1.82) is 0 Å². The van der Waals surface area contributed by atoms with Crippen LogP contribution in [0, 0.1) is 5.92 Å². The van der Waals surface area contributed by atoms with E-state index in [1.807, 2.05) is 28.5 Å². The minimum Gasteiger partial charge on any atom is -0.353 e. The second-order valence-electron chi connectivity index (χ2n) is 8.64. The highest BCUT2D eigenvalue weighted by Crippen LogP contribution is 2.24. The summed E-state index contributed by atoms with van der Waals surface area (Å²) in [6, 6.07) is 9.13. The van der Waals surface area contributed by atoms with Crippen molar-refractivity contribution in [3.05, 3.63) is 47.0 Å². The number of carbonyl (C=O) groups is 3. The van der Waals surface area contributed by atoms with Gasteiger partial charge in [0.05, 0.1) is 12.1 Å². The zero-order valence-electron chi connectivity index (χ0n) is 18.2. The predicted molar refractivity (Wildman–Crippen MR) is 125 cm³/mol. The highest BCUT2D eigenvalue weighted by molar-refractivity contribution is 7.14. The summed E-state index contributed by atoms with van der Waals surface area (Å²) < 4.78 is 0. The van der Waals surface area contributed by atoms with E-state index in [9.17, 15) is 14.4 Å².